The molecule has 34 heavy (non-hydrogen) atoms. The number of nitrogens with zero attached hydrogens (tertiary/aromatic N) is 2. The topological polar surface area (TPSA) is 59.0 Å². The maximum Gasteiger partial charge on any atom is 0.257 e. The SMILES string of the molecule is CCC(CC)(NC(=O)c1c(C)nn2c1N[C@H](c1ccccc1)CC2(C)C)c1ccc(C)cc1.Cl. The lowest BCUT2D eigenvalue weighted by Crippen LogP contribution is -2.45. The third-order valence-electron chi connectivity index (χ3n) is 7.24. The molecule has 1 atom stereocenters. The zero-order valence-electron chi connectivity index (χ0n) is 21.1. The minimum atomic E-state index is -0.422. The van der Waals surface area contributed by atoms with Crippen molar-refractivity contribution in [1.82, 2.24) is 15.1 Å². The van der Waals surface area contributed by atoms with Crippen LogP contribution in [0.3, 0.4) is 0 Å². The van der Waals surface area contributed by atoms with Gasteiger partial charge < -0.3 is 10.6 Å². The lowest BCUT2D eigenvalue weighted by molar-refractivity contribution is 0.0889. The van der Waals surface area contributed by atoms with Gasteiger partial charge >= 0.3 is 0 Å². The predicted octanol–water partition coefficient (Wildman–Crippen LogP) is 6.66. The fraction of sp³-hybridized carbons (Fsp3) is 0.429. The monoisotopic (exact) mass is 480 g/mol. The molecule has 5 nitrogen and oxygen atoms in total. The van der Waals surface area contributed by atoms with Crippen LogP contribution in [0.5, 0.6) is 0 Å². The summed E-state index contributed by atoms with van der Waals surface area (Å²) in [6, 6.07) is 19.1. The summed E-state index contributed by atoms with van der Waals surface area (Å²) in [6.45, 7) is 12.7. The number of halogens is 1. The van der Waals surface area contributed by atoms with Crippen molar-refractivity contribution in [3.8, 4) is 0 Å². The molecule has 1 aromatic heterocycles. The van der Waals surface area contributed by atoms with E-state index in [9.17, 15) is 4.79 Å². The van der Waals surface area contributed by atoms with Crippen LogP contribution in [0, 0.1) is 13.8 Å². The summed E-state index contributed by atoms with van der Waals surface area (Å²) in [4.78, 5) is 13.8. The molecule has 0 aliphatic carbocycles. The quantitative estimate of drug-likeness (QED) is 0.414. The second kappa shape index (κ2) is 9.83. The fourth-order valence-corrected chi connectivity index (χ4v) is 5.12. The summed E-state index contributed by atoms with van der Waals surface area (Å²) in [5, 5.41) is 11.9. The smallest absolute Gasteiger partial charge is 0.257 e. The molecule has 2 heterocycles. The highest BCUT2D eigenvalue weighted by molar-refractivity contribution is 6.00. The molecule has 0 unspecified atom stereocenters. The normalized spacial score (nSPS) is 16.7. The summed E-state index contributed by atoms with van der Waals surface area (Å²) in [5.41, 5.74) is 4.33. The van der Waals surface area contributed by atoms with E-state index in [0.717, 1.165) is 36.3 Å². The van der Waals surface area contributed by atoms with E-state index in [1.807, 2.05) is 17.7 Å². The molecule has 0 fully saturated rings. The largest absolute Gasteiger partial charge is 0.363 e. The lowest BCUT2D eigenvalue weighted by atomic mass is 9.84. The molecule has 0 spiro atoms. The van der Waals surface area contributed by atoms with E-state index in [0.29, 0.717) is 5.56 Å². The van der Waals surface area contributed by atoms with Crippen LogP contribution in [0.1, 0.15) is 85.7 Å². The van der Waals surface area contributed by atoms with E-state index < -0.39 is 5.54 Å². The Morgan fingerprint density at radius 3 is 2.29 bits per heavy atom. The zero-order valence-corrected chi connectivity index (χ0v) is 21.9. The molecule has 6 heteroatoms. The molecule has 2 N–H and O–H groups in total. The Labute approximate surface area is 209 Å². The maximum atomic E-state index is 13.8. The van der Waals surface area contributed by atoms with E-state index in [2.05, 4.69) is 93.8 Å². The molecule has 0 saturated carbocycles. The van der Waals surface area contributed by atoms with Crippen molar-refractivity contribution in [2.75, 3.05) is 5.32 Å². The molecular weight excluding hydrogens is 444 g/mol. The van der Waals surface area contributed by atoms with Crippen LogP contribution in [0.4, 0.5) is 5.82 Å². The number of rotatable bonds is 6. The highest BCUT2D eigenvalue weighted by atomic mass is 35.5. The van der Waals surface area contributed by atoms with Crippen LogP contribution in [-0.2, 0) is 11.1 Å². The Hall–Kier alpha value is -2.79. The maximum absolute atomic E-state index is 13.8. The number of aryl methyl sites for hydroxylation is 2. The number of aromatic nitrogens is 2. The van der Waals surface area contributed by atoms with Gasteiger partial charge in [0.1, 0.15) is 11.4 Å². The van der Waals surface area contributed by atoms with Crippen molar-refractivity contribution in [1.29, 1.82) is 0 Å². The van der Waals surface area contributed by atoms with Crippen LogP contribution in [0.25, 0.3) is 0 Å². The Morgan fingerprint density at radius 1 is 1.09 bits per heavy atom. The molecule has 0 saturated heterocycles. The van der Waals surface area contributed by atoms with E-state index in [1.54, 1.807) is 0 Å². The standard InChI is InChI=1S/C28H36N4O.ClH/c1-7-28(8-2,22-16-14-19(3)15-17-22)30-26(33)24-20(4)31-32-25(24)29-23(18-27(32,5)6)21-12-10-9-11-13-21;/h9-17,23,29H,7-8,18H2,1-6H3,(H,30,33);1H/t23-;/m0./s1. The zero-order chi connectivity index (χ0) is 23.8. The average Bonchev–Trinajstić information content (AvgIpc) is 3.15. The predicted molar refractivity (Wildman–Crippen MR) is 142 cm³/mol. The Balaban J connectivity index is 0.00000324. The molecule has 0 bridgehead atoms. The number of carbonyl (C=O) groups is 1. The minimum Gasteiger partial charge on any atom is -0.363 e. The molecular formula is C28H37ClN4O. The van der Waals surface area contributed by atoms with Gasteiger partial charge in [-0.1, -0.05) is 74.0 Å². The van der Waals surface area contributed by atoms with Crippen LogP contribution in [0.2, 0.25) is 0 Å². The number of fused-ring (bicyclic) bond motifs is 1. The van der Waals surface area contributed by atoms with Gasteiger partial charge in [-0.05, 0) is 58.1 Å². The fourth-order valence-electron chi connectivity index (χ4n) is 5.12. The van der Waals surface area contributed by atoms with Crippen molar-refractivity contribution in [3.05, 3.63) is 82.5 Å². The molecule has 1 amide bonds. The van der Waals surface area contributed by atoms with Gasteiger partial charge in [0, 0.05) is 0 Å². The number of hydrogen-bond donors (Lipinski definition) is 2. The van der Waals surface area contributed by atoms with E-state index >= 15 is 0 Å². The molecule has 3 aromatic rings. The lowest BCUT2D eigenvalue weighted by Gasteiger charge is -2.38. The van der Waals surface area contributed by atoms with Gasteiger partial charge in [0.05, 0.1) is 22.8 Å². The summed E-state index contributed by atoms with van der Waals surface area (Å²) in [6.07, 6.45) is 2.52. The van der Waals surface area contributed by atoms with E-state index in [-0.39, 0.29) is 29.9 Å². The first-order valence-electron chi connectivity index (χ1n) is 12.0. The second-order valence-corrected chi connectivity index (χ2v) is 9.95. The first kappa shape index (κ1) is 25.8. The molecule has 0 radical (unpaired) electrons. The van der Waals surface area contributed by atoms with Crippen molar-refractivity contribution in [2.45, 2.75) is 77.9 Å². The number of nitrogens with one attached hydrogen (secondary N) is 2. The second-order valence-electron chi connectivity index (χ2n) is 9.95. The third-order valence-corrected chi connectivity index (χ3v) is 7.24. The molecule has 182 valence electrons. The number of carbonyl (C=O) groups excluding carboxylic acids is 1. The summed E-state index contributed by atoms with van der Waals surface area (Å²) < 4.78 is 2.00. The molecule has 1 aliphatic heterocycles. The van der Waals surface area contributed by atoms with E-state index in [1.165, 1.54) is 11.1 Å². The van der Waals surface area contributed by atoms with Gasteiger partial charge in [0.25, 0.3) is 5.91 Å². The van der Waals surface area contributed by atoms with Crippen molar-refractivity contribution in [2.24, 2.45) is 0 Å². The molecule has 1 aliphatic rings. The van der Waals surface area contributed by atoms with Crippen LogP contribution >= 0.6 is 12.4 Å². The van der Waals surface area contributed by atoms with Gasteiger partial charge in [0.2, 0.25) is 0 Å². The molecule has 4 rings (SSSR count). The number of benzene rings is 2. The number of amides is 1. The third kappa shape index (κ3) is 4.58. The highest BCUT2D eigenvalue weighted by Crippen LogP contribution is 2.41. The summed E-state index contributed by atoms with van der Waals surface area (Å²) >= 11 is 0. The van der Waals surface area contributed by atoms with Gasteiger partial charge in [0.15, 0.2) is 0 Å². The van der Waals surface area contributed by atoms with Crippen molar-refractivity contribution >= 4 is 24.1 Å². The van der Waals surface area contributed by atoms with Gasteiger partial charge in [-0.25, -0.2) is 4.68 Å². The Morgan fingerprint density at radius 2 is 1.71 bits per heavy atom. The van der Waals surface area contributed by atoms with Gasteiger partial charge in [-0.2, -0.15) is 5.10 Å². The Bertz CT molecular complexity index is 1130. The first-order chi connectivity index (χ1) is 15.7. The summed E-state index contributed by atoms with van der Waals surface area (Å²) in [5.74, 6) is 0.732. The minimum absolute atomic E-state index is 0. The first-order valence-corrected chi connectivity index (χ1v) is 12.0. The average molecular weight is 481 g/mol. The van der Waals surface area contributed by atoms with Crippen LogP contribution in [-0.4, -0.2) is 15.7 Å². The highest BCUT2D eigenvalue weighted by Gasteiger charge is 2.39. The van der Waals surface area contributed by atoms with Gasteiger partial charge in [-0.3, -0.25) is 4.79 Å². The van der Waals surface area contributed by atoms with Gasteiger partial charge in [-0.15, -0.1) is 12.4 Å². The summed E-state index contributed by atoms with van der Waals surface area (Å²) in [7, 11) is 0. The van der Waals surface area contributed by atoms with Crippen LogP contribution < -0.4 is 10.6 Å². The Kier molecular flexibility index (Phi) is 7.47. The number of anilines is 1. The van der Waals surface area contributed by atoms with Crippen molar-refractivity contribution < 1.29 is 4.79 Å². The van der Waals surface area contributed by atoms with Crippen molar-refractivity contribution in [3.63, 3.8) is 0 Å². The van der Waals surface area contributed by atoms with E-state index in [4.69, 9.17) is 5.10 Å². The van der Waals surface area contributed by atoms with Crippen LogP contribution in [0.15, 0.2) is 54.6 Å². The number of hydrogen-bond acceptors (Lipinski definition) is 3. The molecule has 2 aromatic carbocycles.